The number of pyridine rings is 1. The molecule has 0 bridgehead atoms. The molecule has 1 aliphatic heterocycles. The van der Waals surface area contributed by atoms with Crippen molar-refractivity contribution in [1.29, 1.82) is 0 Å². The molecule has 3 aromatic rings. The number of phenols is 1. The number of aromatic nitrogens is 2. The van der Waals surface area contributed by atoms with E-state index in [4.69, 9.17) is 25.9 Å². The second kappa shape index (κ2) is 8.73. The first-order valence-electron chi connectivity index (χ1n) is 12.0. The van der Waals surface area contributed by atoms with Crippen LogP contribution in [0, 0.1) is 26.2 Å². The standard InChI is InChI=1S/C26H33N5O4/c1-15-4-5-19(32)17(3)21(15)31-22(27)20(23(28)33)18-12-16(2)25(29-24(18)31)35-14-26(6-7-26)13-30-8-10-34-11-9-30/h4-5,12,32H,6-11,13-14,27H2,1-3H3,(H2,28,33). The Morgan fingerprint density at radius 3 is 2.57 bits per heavy atom. The molecule has 0 atom stereocenters. The van der Waals surface area contributed by atoms with Gasteiger partial charge in [0.25, 0.3) is 5.91 Å². The van der Waals surface area contributed by atoms with Crippen LogP contribution in [0.4, 0.5) is 5.82 Å². The van der Waals surface area contributed by atoms with Gasteiger partial charge in [0.2, 0.25) is 5.88 Å². The smallest absolute Gasteiger partial charge is 0.253 e. The van der Waals surface area contributed by atoms with Crippen molar-refractivity contribution in [1.82, 2.24) is 14.5 Å². The quantitative estimate of drug-likeness (QED) is 0.475. The fourth-order valence-corrected chi connectivity index (χ4v) is 5.09. The molecule has 0 unspecified atom stereocenters. The average molecular weight is 480 g/mol. The third-order valence-electron chi connectivity index (χ3n) is 7.33. The maximum Gasteiger partial charge on any atom is 0.253 e. The van der Waals surface area contributed by atoms with Gasteiger partial charge in [0.05, 0.1) is 31.1 Å². The van der Waals surface area contributed by atoms with E-state index in [0.29, 0.717) is 34.8 Å². The number of carbonyl (C=O) groups is 1. The molecule has 1 aliphatic carbocycles. The van der Waals surface area contributed by atoms with Crippen LogP contribution in [0.5, 0.6) is 11.6 Å². The predicted octanol–water partition coefficient (Wildman–Crippen LogP) is 2.83. The summed E-state index contributed by atoms with van der Waals surface area (Å²) in [6.07, 6.45) is 2.25. The lowest BCUT2D eigenvalue weighted by Crippen LogP contribution is -2.41. The normalized spacial score (nSPS) is 17.6. The number of nitrogens with two attached hydrogens (primary N) is 2. The number of aromatic hydroxyl groups is 1. The summed E-state index contributed by atoms with van der Waals surface area (Å²) < 4.78 is 13.5. The summed E-state index contributed by atoms with van der Waals surface area (Å²) in [6.45, 7) is 10.7. The number of rotatable bonds is 7. The number of phenolic OH excluding ortho intramolecular Hbond substituents is 1. The highest BCUT2D eigenvalue weighted by molar-refractivity contribution is 6.11. The molecule has 0 spiro atoms. The summed E-state index contributed by atoms with van der Waals surface area (Å²) in [5.41, 5.74) is 16.0. The van der Waals surface area contributed by atoms with Crippen molar-refractivity contribution in [3.05, 3.63) is 40.5 Å². The Morgan fingerprint density at radius 2 is 1.91 bits per heavy atom. The maximum atomic E-state index is 12.4. The van der Waals surface area contributed by atoms with Gasteiger partial charge in [-0.3, -0.25) is 14.3 Å². The minimum atomic E-state index is -0.626. The highest BCUT2D eigenvalue weighted by Gasteiger charge is 2.45. The molecule has 1 amide bonds. The number of fused-ring (bicyclic) bond motifs is 1. The van der Waals surface area contributed by atoms with E-state index in [1.54, 1.807) is 23.6 Å². The second-order valence-electron chi connectivity index (χ2n) is 9.99. The van der Waals surface area contributed by atoms with Crippen LogP contribution in [0.2, 0.25) is 0 Å². The van der Waals surface area contributed by atoms with E-state index in [1.807, 2.05) is 19.9 Å². The summed E-state index contributed by atoms with van der Waals surface area (Å²) >= 11 is 0. The van der Waals surface area contributed by atoms with Gasteiger partial charge in [0.15, 0.2) is 5.65 Å². The Hall–Kier alpha value is -3.30. The number of primary amides is 1. The van der Waals surface area contributed by atoms with Crippen molar-refractivity contribution in [3.63, 3.8) is 0 Å². The molecule has 9 heteroatoms. The predicted molar refractivity (Wildman–Crippen MR) is 134 cm³/mol. The first-order chi connectivity index (χ1) is 16.7. The van der Waals surface area contributed by atoms with Gasteiger partial charge >= 0.3 is 0 Å². The zero-order chi connectivity index (χ0) is 24.9. The molecule has 5 N–H and O–H groups in total. The van der Waals surface area contributed by atoms with Gasteiger partial charge < -0.3 is 26.0 Å². The van der Waals surface area contributed by atoms with Gasteiger partial charge in [-0.25, -0.2) is 0 Å². The van der Waals surface area contributed by atoms with Gasteiger partial charge in [-0.2, -0.15) is 4.98 Å². The SMILES string of the molecule is Cc1cc2c(C(N)=O)c(N)n(-c3c(C)ccc(O)c3C)c2nc1OCC1(CN2CCOCC2)CC1. The molecular formula is C26H33N5O4. The van der Waals surface area contributed by atoms with Crippen LogP contribution in [-0.4, -0.2) is 64.9 Å². The molecule has 2 aliphatic rings. The minimum absolute atomic E-state index is 0.134. The summed E-state index contributed by atoms with van der Waals surface area (Å²) in [7, 11) is 0. The molecule has 186 valence electrons. The number of hydrogen-bond donors (Lipinski definition) is 3. The molecule has 35 heavy (non-hydrogen) atoms. The zero-order valence-electron chi connectivity index (χ0n) is 20.6. The minimum Gasteiger partial charge on any atom is -0.508 e. The van der Waals surface area contributed by atoms with Crippen LogP contribution < -0.4 is 16.2 Å². The van der Waals surface area contributed by atoms with Crippen molar-refractivity contribution in [2.75, 3.05) is 45.2 Å². The highest BCUT2D eigenvalue weighted by atomic mass is 16.5. The Morgan fingerprint density at radius 1 is 1.20 bits per heavy atom. The van der Waals surface area contributed by atoms with E-state index >= 15 is 0 Å². The molecule has 5 rings (SSSR count). The summed E-state index contributed by atoms with van der Waals surface area (Å²) in [4.78, 5) is 19.7. The molecule has 1 saturated heterocycles. The Labute approximate surface area is 204 Å². The molecule has 0 radical (unpaired) electrons. The molecule has 1 aromatic carbocycles. The number of aryl methyl sites for hydroxylation is 2. The largest absolute Gasteiger partial charge is 0.508 e. The van der Waals surface area contributed by atoms with Crippen molar-refractivity contribution >= 4 is 22.8 Å². The first-order valence-corrected chi connectivity index (χ1v) is 12.0. The third-order valence-corrected chi connectivity index (χ3v) is 7.33. The lowest BCUT2D eigenvalue weighted by molar-refractivity contribution is 0.0233. The van der Waals surface area contributed by atoms with E-state index in [2.05, 4.69) is 4.90 Å². The van der Waals surface area contributed by atoms with E-state index in [9.17, 15) is 9.90 Å². The molecular weight excluding hydrogens is 446 g/mol. The number of hydrogen-bond acceptors (Lipinski definition) is 7. The Kier molecular flexibility index (Phi) is 5.85. The van der Waals surface area contributed by atoms with E-state index < -0.39 is 5.91 Å². The van der Waals surface area contributed by atoms with E-state index in [-0.39, 0.29) is 22.5 Å². The van der Waals surface area contributed by atoms with Crippen LogP contribution >= 0.6 is 0 Å². The number of nitrogens with zero attached hydrogens (tertiary/aromatic N) is 3. The summed E-state index contributed by atoms with van der Waals surface area (Å²) in [5.74, 6) is 0.212. The number of anilines is 1. The van der Waals surface area contributed by atoms with Crippen LogP contribution in [0.15, 0.2) is 18.2 Å². The number of nitrogen functional groups attached to an aromatic ring is 1. The fourth-order valence-electron chi connectivity index (χ4n) is 5.09. The van der Waals surface area contributed by atoms with Gasteiger partial charge in [-0.1, -0.05) is 6.07 Å². The lowest BCUT2D eigenvalue weighted by Gasteiger charge is -2.30. The van der Waals surface area contributed by atoms with Crippen LogP contribution in [-0.2, 0) is 4.74 Å². The van der Waals surface area contributed by atoms with Crippen LogP contribution in [0.3, 0.4) is 0 Å². The van der Waals surface area contributed by atoms with Gasteiger partial charge in [0.1, 0.15) is 11.6 Å². The molecule has 9 nitrogen and oxygen atoms in total. The molecule has 1 saturated carbocycles. The van der Waals surface area contributed by atoms with Crippen LogP contribution in [0.25, 0.3) is 16.7 Å². The topological polar surface area (TPSA) is 129 Å². The van der Waals surface area contributed by atoms with Crippen molar-refractivity contribution in [2.24, 2.45) is 11.1 Å². The number of morpholine rings is 1. The number of benzene rings is 1. The Balaban J connectivity index is 1.54. The van der Waals surface area contributed by atoms with Crippen molar-refractivity contribution in [2.45, 2.75) is 33.6 Å². The van der Waals surface area contributed by atoms with Gasteiger partial charge in [-0.15, -0.1) is 0 Å². The molecule has 2 fully saturated rings. The average Bonchev–Trinajstić information content (AvgIpc) is 3.52. The molecule has 3 heterocycles. The monoisotopic (exact) mass is 479 g/mol. The summed E-state index contributed by atoms with van der Waals surface area (Å²) in [6, 6.07) is 5.31. The summed E-state index contributed by atoms with van der Waals surface area (Å²) in [5, 5.41) is 10.9. The lowest BCUT2D eigenvalue weighted by atomic mass is 10.1. The zero-order valence-corrected chi connectivity index (χ0v) is 20.6. The van der Waals surface area contributed by atoms with Crippen molar-refractivity contribution < 1.29 is 19.4 Å². The highest BCUT2D eigenvalue weighted by Crippen LogP contribution is 2.47. The maximum absolute atomic E-state index is 12.4. The number of ether oxygens (including phenoxy) is 2. The second-order valence-corrected chi connectivity index (χ2v) is 9.99. The van der Waals surface area contributed by atoms with E-state index in [0.717, 1.165) is 56.8 Å². The fraction of sp³-hybridized carbons (Fsp3) is 0.462. The first kappa shape index (κ1) is 23.4. The van der Waals surface area contributed by atoms with Crippen molar-refractivity contribution in [3.8, 4) is 17.3 Å². The third kappa shape index (κ3) is 4.19. The number of carbonyl (C=O) groups excluding carboxylic acids is 1. The van der Waals surface area contributed by atoms with Gasteiger partial charge in [-0.05, 0) is 51.3 Å². The van der Waals surface area contributed by atoms with Crippen LogP contribution in [0.1, 0.15) is 39.9 Å². The van der Waals surface area contributed by atoms with E-state index in [1.165, 1.54) is 0 Å². The number of amides is 1. The van der Waals surface area contributed by atoms with Gasteiger partial charge in [0, 0.05) is 41.6 Å². The molecule has 2 aromatic heterocycles. The Bertz CT molecular complexity index is 1310.